The van der Waals surface area contributed by atoms with Crippen LogP contribution in [0.4, 0.5) is 11.4 Å². The normalized spacial score (nSPS) is 13.6. The highest BCUT2D eigenvalue weighted by atomic mass is 16.5. The van der Waals surface area contributed by atoms with Crippen molar-refractivity contribution < 1.29 is 14.3 Å². The Labute approximate surface area is 160 Å². The molecule has 2 N–H and O–H groups in total. The first kappa shape index (κ1) is 19.0. The smallest absolute Gasteiger partial charge is 0.314 e. The molecule has 1 atom stereocenters. The van der Waals surface area contributed by atoms with Crippen LogP contribution in [0.15, 0.2) is 42.5 Å². The summed E-state index contributed by atoms with van der Waals surface area (Å²) in [5.41, 5.74) is 3.61. The fourth-order valence-corrected chi connectivity index (χ4v) is 3.14. The number of carbonyl (C=O) groups is 2. The minimum Gasteiger partial charge on any atom is -0.491 e. The largest absolute Gasteiger partial charge is 0.491 e. The van der Waals surface area contributed by atoms with Crippen LogP contribution in [0.1, 0.15) is 37.8 Å². The topological polar surface area (TPSA) is 67.4 Å². The number of carbonyl (C=O) groups excluding carboxylic acids is 2. The lowest BCUT2D eigenvalue weighted by Crippen LogP contribution is -2.29. The molecular weight excluding hydrogens is 340 g/mol. The van der Waals surface area contributed by atoms with Gasteiger partial charge in [-0.25, -0.2) is 0 Å². The first-order chi connectivity index (χ1) is 13.1. The second-order valence-corrected chi connectivity index (χ2v) is 7.03. The van der Waals surface area contributed by atoms with Crippen molar-refractivity contribution in [1.29, 1.82) is 0 Å². The number of fused-ring (bicyclic) bond motifs is 1. The van der Waals surface area contributed by atoms with Crippen molar-refractivity contribution in [3.05, 3.63) is 53.6 Å². The van der Waals surface area contributed by atoms with Gasteiger partial charge < -0.3 is 15.4 Å². The van der Waals surface area contributed by atoms with Gasteiger partial charge in [0.05, 0.1) is 12.3 Å². The third kappa shape index (κ3) is 4.67. The lowest BCUT2D eigenvalue weighted by atomic mass is 10.1. The molecule has 0 aliphatic heterocycles. The lowest BCUT2D eigenvalue weighted by molar-refractivity contribution is -0.133. The van der Waals surface area contributed by atoms with Gasteiger partial charge in [0, 0.05) is 5.69 Å². The molecule has 142 valence electrons. The minimum absolute atomic E-state index is 0.414. The van der Waals surface area contributed by atoms with E-state index in [1.807, 2.05) is 18.2 Å². The van der Waals surface area contributed by atoms with Gasteiger partial charge >= 0.3 is 11.8 Å². The van der Waals surface area contributed by atoms with Gasteiger partial charge in [-0.2, -0.15) is 0 Å². The number of aryl methyl sites for hydroxylation is 1. The Morgan fingerprint density at radius 3 is 2.48 bits per heavy atom. The highest BCUT2D eigenvalue weighted by molar-refractivity contribution is 6.43. The van der Waals surface area contributed by atoms with E-state index in [-0.39, 0.29) is 0 Å². The fourth-order valence-electron chi connectivity index (χ4n) is 3.14. The molecule has 1 unspecified atom stereocenters. The minimum atomic E-state index is -0.704. The molecule has 2 aromatic carbocycles. The van der Waals surface area contributed by atoms with E-state index in [9.17, 15) is 9.59 Å². The van der Waals surface area contributed by atoms with Crippen molar-refractivity contribution in [2.75, 3.05) is 17.2 Å². The number of para-hydroxylation sites is 2. The van der Waals surface area contributed by atoms with Crippen LogP contribution in [0.25, 0.3) is 0 Å². The highest BCUT2D eigenvalue weighted by Gasteiger charge is 2.20. The highest BCUT2D eigenvalue weighted by Crippen LogP contribution is 2.29. The molecule has 1 aliphatic carbocycles. The van der Waals surface area contributed by atoms with Crippen LogP contribution in [-0.4, -0.2) is 18.4 Å². The van der Waals surface area contributed by atoms with Crippen molar-refractivity contribution in [1.82, 2.24) is 0 Å². The molecule has 2 aromatic rings. The monoisotopic (exact) mass is 366 g/mol. The first-order valence-electron chi connectivity index (χ1n) is 9.53. The summed E-state index contributed by atoms with van der Waals surface area (Å²) >= 11 is 0. The standard InChI is InChI=1S/C22H26N2O3/c1-3-15(2)14-27-20-13-5-4-11-19(20)24-22(26)21(25)23-18-12-7-9-16-8-6-10-17(16)18/h4-5,7,9,11-13,15H,3,6,8,10,14H2,1-2H3,(H,23,25)(H,24,26). The molecule has 0 spiro atoms. The van der Waals surface area contributed by atoms with E-state index in [0.717, 1.165) is 36.9 Å². The number of hydrogen-bond acceptors (Lipinski definition) is 3. The Bertz CT molecular complexity index is 832. The molecule has 27 heavy (non-hydrogen) atoms. The lowest BCUT2D eigenvalue weighted by Gasteiger charge is -2.15. The van der Waals surface area contributed by atoms with Gasteiger partial charge in [-0.05, 0) is 54.5 Å². The summed E-state index contributed by atoms with van der Waals surface area (Å²) in [6.45, 7) is 4.77. The zero-order valence-electron chi connectivity index (χ0n) is 15.9. The Kier molecular flexibility index (Phi) is 6.12. The van der Waals surface area contributed by atoms with Gasteiger partial charge in [-0.15, -0.1) is 0 Å². The maximum absolute atomic E-state index is 12.4. The van der Waals surface area contributed by atoms with Gasteiger partial charge in [-0.3, -0.25) is 9.59 Å². The van der Waals surface area contributed by atoms with Crippen LogP contribution in [-0.2, 0) is 22.4 Å². The van der Waals surface area contributed by atoms with Crippen LogP contribution in [0.3, 0.4) is 0 Å². The fraction of sp³-hybridized carbons (Fsp3) is 0.364. The molecule has 5 heteroatoms. The molecule has 0 saturated heterocycles. The van der Waals surface area contributed by atoms with Crippen molar-refractivity contribution in [2.24, 2.45) is 5.92 Å². The number of amides is 2. The molecule has 3 rings (SSSR count). The van der Waals surface area contributed by atoms with Gasteiger partial charge in [0.15, 0.2) is 0 Å². The molecule has 2 amide bonds. The van der Waals surface area contributed by atoms with Crippen LogP contribution in [0, 0.1) is 5.92 Å². The van der Waals surface area contributed by atoms with Crippen LogP contribution < -0.4 is 15.4 Å². The molecular formula is C22H26N2O3. The quantitative estimate of drug-likeness (QED) is 0.754. The number of benzene rings is 2. The van der Waals surface area contributed by atoms with Crippen LogP contribution in [0.2, 0.25) is 0 Å². The summed E-state index contributed by atoms with van der Waals surface area (Å²) in [6.07, 6.45) is 4.04. The maximum Gasteiger partial charge on any atom is 0.314 e. The van der Waals surface area contributed by atoms with E-state index in [1.54, 1.807) is 18.2 Å². The molecule has 1 aliphatic rings. The van der Waals surface area contributed by atoms with E-state index in [4.69, 9.17) is 4.74 Å². The van der Waals surface area contributed by atoms with Crippen molar-refractivity contribution in [3.63, 3.8) is 0 Å². The molecule has 0 heterocycles. The molecule has 0 radical (unpaired) electrons. The molecule has 0 saturated carbocycles. The van der Waals surface area contributed by atoms with E-state index in [0.29, 0.717) is 24.0 Å². The van der Waals surface area contributed by atoms with E-state index in [2.05, 4.69) is 30.5 Å². The molecule has 5 nitrogen and oxygen atoms in total. The zero-order valence-corrected chi connectivity index (χ0v) is 15.9. The summed E-state index contributed by atoms with van der Waals surface area (Å²) in [7, 11) is 0. The summed E-state index contributed by atoms with van der Waals surface area (Å²) in [4.78, 5) is 24.8. The number of hydrogen-bond donors (Lipinski definition) is 2. The summed E-state index contributed by atoms with van der Waals surface area (Å²) in [6, 6.07) is 13.0. The predicted molar refractivity (Wildman–Crippen MR) is 107 cm³/mol. The molecule has 0 fully saturated rings. The third-order valence-corrected chi connectivity index (χ3v) is 4.96. The third-order valence-electron chi connectivity index (χ3n) is 4.96. The van der Waals surface area contributed by atoms with Gasteiger partial charge in [-0.1, -0.05) is 44.5 Å². The summed E-state index contributed by atoms with van der Waals surface area (Å²) in [5.74, 6) is -0.394. The average molecular weight is 366 g/mol. The predicted octanol–water partition coefficient (Wildman–Crippen LogP) is 4.18. The Morgan fingerprint density at radius 2 is 1.70 bits per heavy atom. The van der Waals surface area contributed by atoms with Gasteiger partial charge in [0.1, 0.15) is 5.75 Å². The second kappa shape index (κ2) is 8.71. The Hall–Kier alpha value is -2.82. The number of nitrogens with one attached hydrogen (secondary N) is 2. The SMILES string of the molecule is CCC(C)COc1ccccc1NC(=O)C(=O)Nc1cccc2c1CCC2. The van der Waals surface area contributed by atoms with E-state index >= 15 is 0 Å². The van der Waals surface area contributed by atoms with E-state index < -0.39 is 11.8 Å². The van der Waals surface area contributed by atoms with Crippen molar-refractivity contribution in [3.8, 4) is 5.75 Å². The van der Waals surface area contributed by atoms with Crippen molar-refractivity contribution in [2.45, 2.75) is 39.5 Å². The number of anilines is 2. The van der Waals surface area contributed by atoms with Gasteiger partial charge in [0.25, 0.3) is 0 Å². The molecule has 0 bridgehead atoms. The Morgan fingerprint density at radius 1 is 1.00 bits per heavy atom. The summed E-state index contributed by atoms with van der Waals surface area (Å²) in [5, 5.41) is 5.41. The Balaban J connectivity index is 1.65. The van der Waals surface area contributed by atoms with Gasteiger partial charge in [0.2, 0.25) is 0 Å². The van der Waals surface area contributed by atoms with E-state index in [1.165, 1.54) is 5.56 Å². The van der Waals surface area contributed by atoms with Crippen LogP contribution >= 0.6 is 0 Å². The average Bonchev–Trinajstić information content (AvgIpc) is 3.16. The number of rotatable bonds is 6. The molecule has 0 aromatic heterocycles. The maximum atomic E-state index is 12.4. The summed E-state index contributed by atoms with van der Waals surface area (Å²) < 4.78 is 5.80. The van der Waals surface area contributed by atoms with Crippen molar-refractivity contribution >= 4 is 23.2 Å². The second-order valence-electron chi connectivity index (χ2n) is 7.03. The number of ether oxygens (including phenoxy) is 1. The zero-order chi connectivity index (χ0) is 19.2. The first-order valence-corrected chi connectivity index (χ1v) is 9.53. The van der Waals surface area contributed by atoms with Crippen LogP contribution in [0.5, 0.6) is 5.75 Å².